The summed E-state index contributed by atoms with van der Waals surface area (Å²) < 4.78 is 0. The lowest BCUT2D eigenvalue weighted by Crippen LogP contribution is -2.45. The van der Waals surface area contributed by atoms with Crippen LogP contribution >= 0.6 is 22.6 Å². The Labute approximate surface area is 251 Å². The lowest BCUT2D eigenvalue weighted by molar-refractivity contribution is -0.142. The van der Waals surface area contributed by atoms with E-state index >= 15 is 0 Å². The summed E-state index contributed by atoms with van der Waals surface area (Å²) in [6.45, 7) is 2.69. The standard InChI is InChI=1S/C30H41N3O5.CH3I/c1-21-10-6-3-2-4-9-13-23-17-30(23,18-26(35)25-16-24(34)20-33(25)28(21)37)29(38)31-15-14-27(36)32-19-22-11-7-5-8-12-22;1-2/h5,7-9,11-13,21,23-25,34H,2-4,6,10,14-20H2,1H3,(H,31,38)(H,32,36);1H3/b13-9-;/t21-,23+,24+,25-,30+;/m0./s1. The van der Waals surface area contributed by atoms with Gasteiger partial charge >= 0.3 is 0 Å². The zero-order valence-corrected chi connectivity index (χ0v) is 25.9. The molecule has 0 radical (unpaired) electrons. The molecule has 2 aliphatic heterocycles. The molecule has 4 rings (SSSR count). The van der Waals surface area contributed by atoms with Gasteiger partial charge in [-0.15, -0.1) is 0 Å². The van der Waals surface area contributed by atoms with Crippen LogP contribution in [-0.2, 0) is 25.7 Å². The molecular weight excluding hydrogens is 621 g/mol. The Balaban J connectivity index is 0.00000216. The highest BCUT2D eigenvalue weighted by molar-refractivity contribution is 14.1. The SMILES string of the molecule is CI.C[C@H]1CCCCC/C=C\[C@@H]2C[C@@]2(C(=O)NCCC(=O)NCc2ccccc2)CC(=O)[C@@H]2C[C@@H](O)CN2C1=O. The number of alkyl halides is 1. The van der Waals surface area contributed by atoms with Crippen LogP contribution in [0.25, 0.3) is 0 Å². The van der Waals surface area contributed by atoms with Crippen molar-refractivity contribution >= 4 is 46.1 Å². The van der Waals surface area contributed by atoms with Gasteiger partial charge in [-0.05, 0) is 42.1 Å². The lowest BCUT2D eigenvalue weighted by atomic mass is 9.90. The molecule has 1 aromatic rings. The second-order valence-corrected chi connectivity index (χ2v) is 11.2. The van der Waals surface area contributed by atoms with Gasteiger partial charge in [0.25, 0.3) is 0 Å². The van der Waals surface area contributed by atoms with Crippen molar-refractivity contribution in [3.63, 3.8) is 0 Å². The monoisotopic (exact) mass is 665 g/mol. The van der Waals surface area contributed by atoms with Crippen LogP contribution in [0.4, 0.5) is 0 Å². The molecule has 9 heteroatoms. The molecule has 1 aromatic carbocycles. The Kier molecular flexibility index (Phi) is 12.6. The van der Waals surface area contributed by atoms with E-state index in [0.717, 1.165) is 37.7 Å². The Hall–Kier alpha value is -2.27. The van der Waals surface area contributed by atoms with Gasteiger partial charge in [-0.1, -0.05) is 84.8 Å². The molecule has 0 bridgehead atoms. The van der Waals surface area contributed by atoms with Crippen molar-refractivity contribution in [2.45, 2.75) is 83.4 Å². The maximum atomic E-state index is 13.5. The second kappa shape index (κ2) is 15.7. The number of allylic oxidation sites excluding steroid dienone is 2. The number of benzene rings is 1. The van der Waals surface area contributed by atoms with E-state index in [9.17, 15) is 24.3 Å². The molecule has 5 atom stereocenters. The maximum Gasteiger partial charge on any atom is 0.227 e. The number of hydrogen-bond acceptors (Lipinski definition) is 5. The summed E-state index contributed by atoms with van der Waals surface area (Å²) in [5.74, 6) is -0.859. The number of amides is 3. The van der Waals surface area contributed by atoms with E-state index in [1.165, 1.54) is 0 Å². The van der Waals surface area contributed by atoms with Gasteiger partial charge in [0.05, 0.1) is 17.6 Å². The highest BCUT2D eigenvalue weighted by Crippen LogP contribution is 2.57. The molecule has 220 valence electrons. The minimum absolute atomic E-state index is 0.0313. The Bertz CT molecular complexity index is 1050. The van der Waals surface area contributed by atoms with Gasteiger partial charge in [-0.25, -0.2) is 0 Å². The van der Waals surface area contributed by atoms with Crippen LogP contribution in [0.1, 0.15) is 70.3 Å². The summed E-state index contributed by atoms with van der Waals surface area (Å²) in [6, 6.07) is 8.93. The van der Waals surface area contributed by atoms with Gasteiger partial charge in [-0.2, -0.15) is 0 Å². The summed E-state index contributed by atoms with van der Waals surface area (Å²) in [5, 5.41) is 16.1. The molecule has 1 saturated heterocycles. The molecule has 1 saturated carbocycles. The fourth-order valence-corrected chi connectivity index (χ4v) is 5.83. The average Bonchev–Trinajstić information content (AvgIpc) is 3.51. The third-order valence-corrected chi connectivity index (χ3v) is 8.28. The minimum atomic E-state index is -0.859. The lowest BCUT2D eigenvalue weighted by Gasteiger charge is -2.27. The van der Waals surface area contributed by atoms with Gasteiger partial charge in [0.2, 0.25) is 17.7 Å². The van der Waals surface area contributed by atoms with Gasteiger partial charge in [0.1, 0.15) is 0 Å². The predicted molar refractivity (Wildman–Crippen MR) is 164 cm³/mol. The van der Waals surface area contributed by atoms with Crippen LogP contribution in [0, 0.1) is 17.3 Å². The van der Waals surface area contributed by atoms with Crippen molar-refractivity contribution in [1.29, 1.82) is 0 Å². The third kappa shape index (κ3) is 8.61. The van der Waals surface area contributed by atoms with E-state index in [1.807, 2.05) is 42.2 Å². The first kappa shape index (κ1) is 32.2. The Morgan fingerprint density at radius 2 is 1.85 bits per heavy atom. The number of nitrogens with zero attached hydrogens (tertiary/aromatic N) is 1. The molecule has 1 aliphatic carbocycles. The normalized spacial score (nSPS) is 29.4. The molecule has 3 N–H and O–H groups in total. The number of hydrogen-bond donors (Lipinski definition) is 3. The number of Topliss-reactive ketones (excluding diaryl/α,β-unsaturated/α-hetero) is 1. The molecule has 0 spiro atoms. The highest BCUT2D eigenvalue weighted by Gasteiger charge is 2.60. The number of rotatable bonds is 6. The molecule has 0 unspecified atom stereocenters. The average molecular weight is 666 g/mol. The fraction of sp³-hybridized carbons (Fsp3) is 0.613. The molecule has 2 heterocycles. The van der Waals surface area contributed by atoms with Gasteiger partial charge in [-0.3, -0.25) is 19.2 Å². The van der Waals surface area contributed by atoms with Crippen molar-refractivity contribution in [3.8, 4) is 0 Å². The molecule has 0 aromatic heterocycles. The summed E-state index contributed by atoms with van der Waals surface area (Å²) in [5.41, 5.74) is 0.145. The Morgan fingerprint density at radius 1 is 1.10 bits per heavy atom. The Morgan fingerprint density at radius 3 is 2.60 bits per heavy atom. The first-order chi connectivity index (χ1) is 19.3. The van der Waals surface area contributed by atoms with Crippen LogP contribution in [0.2, 0.25) is 0 Å². The maximum absolute atomic E-state index is 13.5. The van der Waals surface area contributed by atoms with Gasteiger partial charge in [0.15, 0.2) is 5.78 Å². The predicted octanol–water partition coefficient (Wildman–Crippen LogP) is 3.94. The van der Waals surface area contributed by atoms with E-state index in [2.05, 4.69) is 45.4 Å². The van der Waals surface area contributed by atoms with E-state index in [0.29, 0.717) is 13.0 Å². The zero-order valence-electron chi connectivity index (χ0n) is 23.7. The first-order valence-corrected chi connectivity index (χ1v) is 16.6. The topological polar surface area (TPSA) is 116 Å². The van der Waals surface area contributed by atoms with Gasteiger partial charge < -0.3 is 20.6 Å². The van der Waals surface area contributed by atoms with E-state index in [1.54, 1.807) is 4.90 Å². The third-order valence-electron chi connectivity index (χ3n) is 8.28. The molecule has 2 fully saturated rings. The van der Waals surface area contributed by atoms with Crippen LogP contribution in [0.5, 0.6) is 0 Å². The molecule has 3 aliphatic rings. The zero-order chi connectivity index (χ0) is 29.1. The number of aliphatic hydroxyl groups is 1. The van der Waals surface area contributed by atoms with E-state index in [-0.39, 0.29) is 67.7 Å². The number of aliphatic hydroxyl groups excluding tert-OH is 1. The largest absolute Gasteiger partial charge is 0.391 e. The van der Waals surface area contributed by atoms with Crippen molar-refractivity contribution < 1.29 is 24.3 Å². The first-order valence-electron chi connectivity index (χ1n) is 14.4. The number of halogens is 1. The smallest absolute Gasteiger partial charge is 0.227 e. The highest BCUT2D eigenvalue weighted by atomic mass is 127. The van der Waals surface area contributed by atoms with Crippen molar-refractivity contribution in [2.24, 2.45) is 17.3 Å². The van der Waals surface area contributed by atoms with Gasteiger partial charge in [0, 0.05) is 44.8 Å². The molecular formula is C31H44IN3O5. The van der Waals surface area contributed by atoms with E-state index in [4.69, 9.17) is 0 Å². The number of carbonyl (C=O) groups excluding carboxylic acids is 4. The molecule has 8 nitrogen and oxygen atoms in total. The summed E-state index contributed by atoms with van der Waals surface area (Å²) in [7, 11) is 0. The number of ketones is 1. The van der Waals surface area contributed by atoms with Crippen LogP contribution in [0.3, 0.4) is 0 Å². The second-order valence-electron chi connectivity index (χ2n) is 11.2. The van der Waals surface area contributed by atoms with Crippen molar-refractivity contribution in [2.75, 3.05) is 18.0 Å². The number of carbonyl (C=O) groups is 4. The number of nitrogens with one attached hydrogen (secondary N) is 2. The molecule has 40 heavy (non-hydrogen) atoms. The van der Waals surface area contributed by atoms with Crippen molar-refractivity contribution in [1.82, 2.24) is 15.5 Å². The summed E-state index contributed by atoms with van der Waals surface area (Å²) in [6.07, 6.45) is 9.09. The van der Waals surface area contributed by atoms with Crippen LogP contribution in [-0.4, -0.2) is 63.7 Å². The fourth-order valence-electron chi connectivity index (χ4n) is 5.83. The summed E-state index contributed by atoms with van der Waals surface area (Å²) in [4.78, 5) is 55.8. The van der Waals surface area contributed by atoms with Crippen LogP contribution in [0.15, 0.2) is 42.5 Å². The summed E-state index contributed by atoms with van der Waals surface area (Å²) >= 11 is 2.15. The molecule has 3 amide bonds. The minimum Gasteiger partial charge on any atom is -0.391 e. The van der Waals surface area contributed by atoms with E-state index < -0.39 is 17.6 Å². The quantitative estimate of drug-likeness (QED) is 0.242. The van der Waals surface area contributed by atoms with Crippen LogP contribution < -0.4 is 10.6 Å². The van der Waals surface area contributed by atoms with Crippen molar-refractivity contribution in [3.05, 3.63) is 48.0 Å². The number of fused-ring (bicyclic) bond motifs is 2.